The fraction of sp³-hybridized carbons (Fsp3) is 0.368. The van der Waals surface area contributed by atoms with Crippen LogP contribution in [0.2, 0.25) is 0 Å². The van der Waals surface area contributed by atoms with E-state index in [2.05, 4.69) is 26.0 Å². The highest BCUT2D eigenvalue weighted by atomic mass is 16.5. The topological polar surface area (TPSA) is 53.7 Å². The first-order chi connectivity index (χ1) is 11.1. The van der Waals surface area contributed by atoms with Gasteiger partial charge in [0.1, 0.15) is 0 Å². The van der Waals surface area contributed by atoms with Gasteiger partial charge in [-0.15, -0.1) is 0 Å². The molecule has 0 heterocycles. The first-order valence-corrected chi connectivity index (χ1v) is 7.72. The standard InChI is InChI=1S/C19H23NO3/c1-10-6-7-12-14(9-20)13-8-15(21-3)18(22-4)19(23-5)17(13)16(12)11(10)2/h6-8,14H,9,20H2,1-5H3. The second-order valence-electron chi connectivity index (χ2n) is 5.87. The predicted molar refractivity (Wildman–Crippen MR) is 91.9 cm³/mol. The van der Waals surface area contributed by atoms with Gasteiger partial charge in [0, 0.05) is 18.0 Å². The maximum atomic E-state index is 6.09. The molecule has 23 heavy (non-hydrogen) atoms. The molecule has 4 heteroatoms. The molecule has 2 aromatic rings. The number of ether oxygens (including phenoxy) is 3. The molecular weight excluding hydrogens is 290 g/mol. The van der Waals surface area contributed by atoms with Crippen molar-refractivity contribution in [2.45, 2.75) is 19.8 Å². The highest BCUT2D eigenvalue weighted by Crippen LogP contribution is 2.56. The third-order valence-corrected chi connectivity index (χ3v) is 4.87. The van der Waals surface area contributed by atoms with Gasteiger partial charge in [-0.1, -0.05) is 12.1 Å². The van der Waals surface area contributed by atoms with Gasteiger partial charge in [-0.05, 0) is 47.7 Å². The van der Waals surface area contributed by atoms with Crippen LogP contribution in [0.3, 0.4) is 0 Å². The molecule has 0 radical (unpaired) electrons. The summed E-state index contributed by atoms with van der Waals surface area (Å²) in [5.74, 6) is 2.16. The molecule has 3 rings (SSSR count). The van der Waals surface area contributed by atoms with Crippen molar-refractivity contribution in [2.24, 2.45) is 5.73 Å². The summed E-state index contributed by atoms with van der Waals surface area (Å²) in [5.41, 5.74) is 13.3. The van der Waals surface area contributed by atoms with Crippen molar-refractivity contribution in [1.29, 1.82) is 0 Å². The van der Waals surface area contributed by atoms with Crippen LogP contribution in [0.5, 0.6) is 17.2 Å². The Morgan fingerprint density at radius 3 is 2.17 bits per heavy atom. The Bertz CT molecular complexity index is 768. The Balaban J connectivity index is 2.43. The number of fused-ring (bicyclic) bond motifs is 3. The monoisotopic (exact) mass is 313 g/mol. The number of benzene rings is 2. The molecule has 2 N–H and O–H groups in total. The van der Waals surface area contributed by atoms with Gasteiger partial charge < -0.3 is 19.9 Å². The highest BCUT2D eigenvalue weighted by molar-refractivity contribution is 5.89. The second kappa shape index (κ2) is 5.78. The van der Waals surface area contributed by atoms with Crippen molar-refractivity contribution in [3.8, 4) is 28.4 Å². The molecule has 1 atom stereocenters. The average molecular weight is 313 g/mol. The highest BCUT2D eigenvalue weighted by Gasteiger charge is 2.35. The molecule has 0 amide bonds. The van der Waals surface area contributed by atoms with Crippen LogP contribution < -0.4 is 19.9 Å². The summed E-state index contributed by atoms with van der Waals surface area (Å²) in [6.07, 6.45) is 0. The number of methoxy groups -OCH3 is 3. The number of hydrogen-bond acceptors (Lipinski definition) is 4. The van der Waals surface area contributed by atoms with Gasteiger partial charge in [-0.2, -0.15) is 0 Å². The Labute approximate surface area is 137 Å². The molecule has 0 saturated heterocycles. The molecule has 1 aliphatic rings. The third-order valence-electron chi connectivity index (χ3n) is 4.87. The maximum absolute atomic E-state index is 6.09. The van der Waals surface area contributed by atoms with Crippen molar-refractivity contribution in [3.05, 3.63) is 40.5 Å². The molecule has 1 unspecified atom stereocenters. The fourth-order valence-corrected chi connectivity index (χ4v) is 3.59. The van der Waals surface area contributed by atoms with E-state index >= 15 is 0 Å². The summed E-state index contributed by atoms with van der Waals surface area (Å²) in [7, 11) is 4.93. The molecule has 1 aliphatic carbocycles. The summed E-state index contributed by atoms with van der Waals surface area (Å²) in [6, 6.07) is 6.36. The zero-order chi connectivity index (χ0) is 16.7. The van der Waals surface area contributed by atoms with E-state index < -0.39 is 0 Å². The van der Waals surface area contributed by atoms with Crippen LogP contribution in [0.25, 0.3) is 11.1 Å². The molecular formula is C19H23NO3. The lowest BCUT2D eigenvalue weighted by Crippen LogP contribution is -2.11. The molecule has 2 aromatic carbocycles. The minimum absolute atomic E-state index is 0.146. The predicted octanol–water partition coefficient (Wildman–Crippen LogP) is 3.40. The number of hydrogen-bond donors (Lipinski definition) is 1. The SMILES string of the molecule is COc1cc2c(c(OC)c1OC)-c1c(ccc(C)c1C)C2CN. The van der Waals surface area contributed by atoms with Crippen LogP contribution >= 0.6 is 0 Å². The van der Waals surface area contributed by atoms with Crippen molar-refractivity contribution in [2.75, 3.05) is 27.9 Å². The van der Waals surface area contributed by atoms with E-state index in [4.69, 9.17) is 19.9 Å². The number of nitrogens with two attached hydrogens (primary N) is 1. The van der Waals surface area contributed by atoms with E-state index in [0.29, 0.717) is 23.8 Å². The maximum Gasteiger partial charge on any atom is 0.203 e. The van der Waals surface area contributed by atoms with Gasteiger partial charge in [0.25, 0.3) is 0 Å². The Morgan fingerprint density at radius 1 is 0.913 bits per heavy atom. The third kappa shape index (κ3) is 2.09. The van der Waals surface area contributed by atoms with Crippen molar-refractivity contribution >= 4 is 0 Å². The first-order valence-electron chi connectivity index (χ1n) is 7.72. The molecule has 4 nitrogen and oxygen atoms in total. The van der Waals surface area contributed by atoms with Gasteiger partial charge in [0.2, 0.25) is 5.75 Å². The van der Waals surface area contributed by atoms with Gasteiger partial charge in [-0.3, -0.25) is 0 Å². The smallest absolute Gasteiger partial charge is 0.203 e. The lowest BCUT2D eigenvalue weighted by atomic mass is 9.94. The van der Waals surface area contributed by atoms with Crippen LogP contribution in [-0.2, 0) is 0 Å². The Hall–Kier alpha value is -2.20. The molecule has 122 valence electrons. The van der Waals surface area contributed by atoms with Gasteiger partial charge in [-0.25, -0.2) is 0 Å². The summed E-state index contributed by atoms with van der Waals surface area (Å²) in [6.45, 7) is 4.81. The quantitative estimate of drug-likeness (QED) is 0.940. The number of rotatable bonds is 4. The van der Waals surface area contributed by atoms with E-state index in [9.17, 15) is 0 Å². The summed E-state index contributed by atoms with van der Waals surface area (Å²) < 4.78 is 16.8. The molecule has 0 saturated carbocycles. The second-order valence-corrected chi connectivity index (χ2v) is 5.87. The fourth-order valence-electron chi connectivity index (χ4n) is 3.59. The van der Waals surface area contributed by atoms with Gasteiger partial charge in [0.05, 0.1) is 21.3 Å². The Kier molecular flexibility index (Phi) is 3.94. The van der Waals surface area contributed by atoms with E-state index in [1.54, 1.807) is 21.3 Å². The van der Waals surface area contributed by atoms with E-state index in [0.717, 1.165) is 11.1 Å². The van der Waals surface area contributed by atoms with Crippen molar-refractivity contribution in [3.63, 3.8) is 0 Å². The van der Waals surface area contributed by atoms with E-state index in [1.807, 2.05) is 6.07 Å². The van der Waals surface area contributed by atoms with Gasteiger partial charge in [0.15, 0.2) is 11.5 Å². The van der Waals surface area contributed by atoms with Crippen LogP contribution in [0.4, 0.5) is 0 Å². The summed E-state index contributed by atoms with van der Waals surface area (Å²) in [4.78, 5) is 0. The largest absolute Gasteiger partial charge is 0.493 e. The lowest BCUT2D eigenvalue weighted by molar-refractivity contribution is 0.325. The van der Waals surface area contributed by atoms with Crippen molar-refractivity contribution < 1.29 is 14.2 Å². The first kappa shape index (κ1) is 15.7. The summed E-state index contributed by atoms with van der Waals surface area (Å²) >= 11 is 0. The molecule has 0 bridgehead atoms. The van der Waals surface area contributed by atoms with E-state index in [1.165, 1.54) is 22.3 Å². The minimum Gasteiger partial charge on any atom is -0.493 e. The minimum atomic E-state index is 0.146. The molecule has 0 spiro atoms. The lowest BCUT2D eigenvalue weighted by Gasteiger charge is -2.18. The molecule has 0 aliphatic heterocycles. The van der Waals surface area contributed by atoms with Crippen LogP contribution in [0.15, 0.2) is 18.2 Å². The molecule has 0 aromatic heterocycles. The van der Waals surface area contributed by atoms with Crippen LogP contribution in [-0.4, -0.2) is 27.9 Å². The van der Waals surface area contributed by atoms with Crippen molar-refractivity contribution in [1.82, 2.24) is 0 Å². The van der Waals surface area contributed by atoms with Crippen LogP contribution in [0.1, 0.15) is 28.2 Å². The van der Waals surface area contributed by atoms with Crippen LogP contribution in [0, 0.1) is 13.8 Å². The zero-order valence-electron chi connectivity index (χ0n) is 14.3. The molecule has 0 fully saturated rings. The zero-order valence-corrected chi connectivity index (χ0v) is 14.3. The normalized spacial score (nSPS) is 15.1. The van der Waals surface area contributed by atoms with E-state index in [-0.39, 0.29) is 5.92 Å². The van der Waals surface area contributed by atoms with Gasteiger partial charge >= 0.3 is 0 Å². The number of aryl methyl sites for hydroxylation is 1. The average Bonchev–Trinajstić information content (AvgIpc) is 2.89. The Morgan fingerprint density at radius 2 is 1.61 bits per heavy atom. The summed E-state index contributed by atoms with van der Waals surface area (Å²) in [5, 5.41) is 0.